The van der Waals surface area contributed by atoms with E-state index >= 15 is 0 Å². The van der Waals surface area contributed by atoms with Gasteiger partial charge in [-0.3, -0.25) is 4.79 Å². The van der Waals surface area contributed by atoms with Gasteiger partial charge in [0.2, 0.25) is 5.91 Å². The Morgan fingerprint density at radius 1 is 1.31 bits per heavy atom. The number of alkyl halides is 1. The summed E-state index contributed by atoms with van der Waals surface area (Å²) in [7, 11) is 2.09. The Morgan fingerprint density at radius 2 is 1.85 bits per heavy atom. The largest absolute Gasteiger partial charge is 0.340 e. The van der Waals surface area contributed by atoms with Gasteiger partial charge in [-0.15, -0.1) is 17.0 Å². The zero-order chi connectivity index (χ0) is 8.97. The molecule has 1 saturated heterocycles. The van der Waals surface area contributed by atoms with E-state index in [1.807, 2.05) is 4.90 Å². The molecule has 0 aromatic carbocycles. The van der Waals surface area contributed by atoms with Crippen molar-refractivity contribution in [1.82, 2.24) is 9.80 Å². The predicted octanol–water partition coefficient (Wildman–Crippen LogP) is 1.12. The van der Waals surface area contributed by atoms with Crippen molar-refractivity contribution >= 4 is 38.8 Å². The van der Waals surface area contributed by atoms with Crippen LogP contribution in [0.3, 0.4) is 0 Å². The van der Waals surface area contributed by atoms with Crippen LogP contribution in [0.5, 0.6) is 0 Å². The van der Waals surface area contributed by atoms with Gasteiger partial charge in [-0.1, -0.05) is 15.9 Å². The summed E-state index contributed by atoms with van der Waals surface area (Å²) in [5, 5.41) is 0.776. The van der Waals surface area contributed by atoms with Gasteiger partial charge in [0.1, 0.15) is 0 Å². The number of nitrogens with zero attached hydrogens (tertiary/aromatic N) is 2. The Morgan fingerprint density at radius 3 is 2.31 bits per heavy atom. The fraction of sp³-hybridized carbons (Fsp3) is 0.875. The molecule has 0 atom stereocenters. The average Bonchev–Trinajstić information content (AvgIpc) is 2.06. The summed E-state index contributed by atoms with van der Waals surface area (Å²) in [5.74, 6) is 0.278. The van der Waals surface area contributed by atoms with Crippen LogP contribution in [0.15, 0.2) is 0 Å². The molecular formula is C8H16Br2N2O. The molecule has 1 aliphatic rings. The van der Waals surface area contributed by atoms with E-state index in [0.29, 0.717) is 6.42 Å². The van der Waals surface area contributed by atoms with Crippen LogP contribution in [-0.4, -0.2) is 54.3 Å². The molecular weight excluding hydrogens is 300 g/mol. The molecule has 0 aliphatic carbocycles. The molecule has 0 bridgehead atoms. The van der Waals surface area contributed by atoms with E-state index in [1.165, 1.54) is 0 Å². The lowest BCUT2D eigenvalue weighted by Crippen LogP contribution is -2.47. The van der Waals surface area contributed by atoms with Gasteiger partial charge in [-0.25, -0.2) is 0 Å². The second kappa shape index (κ2) is 6.79. The van der Waals surface area contributed by atoms with E-state index in [0.717, 1.165) is 31.5 Å². The number of rotatable bonds is 2. The number of likely N-dealkylation sites (N-methyl/N-ethyl adjacent to an activating group) is 1. The number of hydrogen-bond acceptors (Lipinski definition) is 2. The molecule has 1 rings (SSSR count). The van der Waals surface area contributed by atoms with E-state index in [1.54, 1.807) is 0 Å². The highest BCUT2D eigenvalue weighted by atomic mass is 79.9. The summed E-state index contributed by atoms with van der Waals surface area (Å²) in [4.78, 5) is 15.6. The summed E-state index contributed by atoms with van der Waals surface area (Å²) in [6.45, 7) is 3.80. The van der Waals surface area contributed by atoms with Crippen LogP contribution in [0.1, 0.15) is 6.42 Å². The summed E-state index contributed by atoms with van der Waals surface area (Å²) in [6, 6.07) is 0. The first-order valence-corrected chi connectivity index (χ1v) is 5.38. The summed E-state index contributed by atoms with van der Waals surface area (Å²) >= 11 is 3.27. The van der Waals surface area contributed by atoms with Gasteiger partial charge in [-0.05, 0) is 7.05 Å². The zero-order valence-electron chi connectivity index (χ0n) is 7.83. The number of hydrogen-bond donors (Lipinski definition) is 0. The Labute approximate surface area is 98.3 Å². The van der Waals surface area contributed by atoms with Crippen molar-refractivity contribution in [3.63, 3.8) is 0 Å². The number of amides is 1. The maximum absolute atomic E-state index is 11.4. The van der Waals surface area contributed by atoms with Crippen molar-refractivity contribution in [2.75, 3.05) is 38.6 Å². The normalized spacial score (nSPS) is 18.2. The molecule has 5 heteroatoms. The lowest BCUT2D eigenvalue weighted by Gasteiger charge is -2.32. The van der Waals surface area contributed by atoms with Crippen molar-refractivity contribution in [2.45, 2.75) is 6.42 Å². The van der Waals surface area contributed by atoms with Crippen molar-refractivity contribution in [1.29, 1.82) is 0 Å². The van der Waals surface area contributed by atoms with Gasteiger partial charge < -0.3 is 9.80 Å². The van der Waals surface area contributed by atoms with E-state index in [2.05, 4.69) is 27.9 Å². The van der Waals surface area contributed by atoms with Crippen LogP contribution in [-0.2, 0) is 4.79 Å². The number of halogens is 2. The number of piperazine rings is 1. The lowest BCUT2D eigenvalue weighted by molar-refractivity contribution is -0.132. The topological polar surface area (TPSA) is 23.6 Å². The van der Waals surface area contributed by atoms with Crippen LogP contribution in [0, 0.1) is 0 Å². The third-order valence-electron chi connectivity index (χ3n) is 2.16. The average molecular weight is 316 g/mol. The first-order valence-electron chi connectivity index (χ1n) is 4.26. The molecule has 0 N–H and O–H groups in total. The van der Waals surface area contributed by atoms with E-state index < -0.39 is 0 Å². The molecule has 3 nitrogen and oxygen atoms in total. The van der Waals surface area contributed by atoms with E-state index in [4.69, 9.17) is 0 Å². The van der Waals surface area contributed by atoms with Crippen molar-refractivity contribution in [3.8, 4) is 0 Å². The quantitative estimate of drug-likeness (QED) is 0.713. The van der Waals surface area contributed by atoms with Crippen LogP contribution < -0.4 is 0 Å². The number of carbonyl (C=O) groups is 1. The molecule has 78 valence electrons. The zero-order valence-corrected chi connectivity index (χ0v) is 11.1. The van der Waals surface area contributed by atoms with Crippen LogP contribution in [0.25, 0.3) is 0 Å². The van der Waals surface area contributed by atoms with Crippen LogP contribution in [0.2, 0.25) is 0 Å². The van der Waals surface area contributed by atoms with Crippen molar-refractivity contribution in [2.24, 2.45) is 0 Å². The molecule has 0 unspecified atom stereocenters. The smallest absolute Gasteiger partial charge is 0.223 e. The van der Waals surface area contributed by atoms with Gasteiger partial charge in [0.15, 0.2) is 0 Å². The molecule has 0 saturated carbocycles. The Balaban J connectivity index is 0.00000144. The second-order valence-electron chi connectivity index (χ2n) is 3.12. The van der Waals surface area contributed by atoms with Gasteiger partial charge in [0.05, 0.1) is 0 Å². The minimum Gasteiger partial charge on any atom is -0.340 e. The minimum atomic E-state index is 0. The summed E-state index contributed by atoms with van der Waals surface area (Å²) in [5.41, 5.74) is 0. The number of carbonyl (C=O) groups excluding carboxylic acids is 1. The fourth-order valence-electron chi connectivity index (χ4n) is 1.29. The molecule has 13 heavy (non-hydrogen) atoms. The van der Waals surface area contributed by atoms with Gasteiger partial charge >= 0.3 is 0 Å². The first kappa shape index (κ1) is 13.4. The Kier molecular flexibility index (Phi) is 6.99. The molecule has 0 radical (unpaired) electrons. The van der Waals surface area contributed by atoms with Crippen LogP contribution >= 0.6 is 32.9 Å². The predicted molar refractivity (Wildman–Crippen MR) is 62.8 cm³/mol. The van der Waals surface area contributed by atoms with Gasteiger partial charge in [0, 0.05) is 37.9 Å². The molecule has 1 heterocycles. The summed E-state index contributed by atoms with van der Waals surface area (Å²) < 4.78 is 0. The highest BCUT2D eigenvalue weighted by Crippen LogP contribution is 2.02. The monoisotopic (exact) mass is 314 g/mol. The Bertz CT molecular complexity index is 158. The second-order valence-corrected chi connectivity index (χ2v) is 3.92. The third-order valence-corrected chi connectivity index (χ3v) is 2.56. The minimum absolute atomic E-state index is 0. The standard InChI is InChI=1S/C8H15BrN2O.BrH/c1-10-4-6-11(7-5-10)8(12)2-3-9;/h2-7H2,1H3;1H. The van der Waals surface area contributed by atoms with Crippen molar-refractivity contribution < 1.29 is 4.79 Å². The maximum Gasteiger partial charge on any atom is 0.223 e. The molecule has 1 amide bonds. The highest BCUT2D eigenvalue weighted by Gasteiger charge is 2.17. The SMILES string of the molecule is Br.CN1CCN(C(=O)CCBr)CC1. The highest BCUT2D eigenvalue weighted by molar-refractivity contribution is 9.09. The molecule has 1 fully saturated rings. The van der Waals surface area contributed by atoms with Gasteiger partial charge in [-0.2, -0.15) is 0 Å². The van der Waals surface area contributed by atoms with Crippen molar-refractivity contribution in [3.05, 3.63) is 0 Å². The Hall–Kier alpha value is 0.390. The molecule has 1 aliphatic heterocycles. The summed E-state index contributed by atoms with van der Waals surface area (Å²) in [6.07, 6.45) is 0.629. The third kappa shape index (κ3) is 4.42. The van der Waals surface area contributed by atoms with E-state index in [-0.39, 0.29) is 22.9 Å². The lowest BCUT2D eigenvalue weighted by atomic mass is 10.3. The molecule has 0 aromatic rings. The van der Waals surface area contributed by atoms with Crippen LogP contribution in [0.4, 0.5) is 0 Å². The maximum atomic E-state index is 11.4. The van der Waals surface area contributed by atoms with E-state index in [9.17, 15) is 4.79 Å². The molecule has 0 aromatic heterocycles. The van der Waals surface area contributed by atoms with Gasteiger partial charge in [0.25, 0.3) is 0 Å². The fourth-order valence-corrected chi connectivity index (χ4v) is 1.63. The first-order chi connectivity index (χ1) is 5.74. The molecule has 0 spiro atoms.